The van der Waals surface area contributed by atoms with Gasteiger partial charge in [-0.15, -0.1) is 0 Å². The molecule has 1 aromatic carbocycles. The molecule has 0 fully saturated rings. The van der Waals surface area contributed by atoms with E-state index in [-0.39, 0.29) is 30.0 Å². The number of aliphatic hydroxyl groups excluding tert-OH is 1. The summed E-state index contributed by atoms with van der Waals surface area (Å²) in [5.74, 6) is -0.720. The third-order valence-corrected chi connectivity index (χ3v) is 4.53. The van der Waals surface area contributed by atoms with E-state index >= 15 is 0 Å². The third kappa shape index (κ3) is 3.05. The van der Waals surface area contributed by atoms with E-state index < -0.39 is 28.9 Å². The van der Waals surface area contributed by atoms with E-state index in [1.807, 2.05) is 0 Å². The Balaban J connectivity index is 1.73. The van der Waals surface area contributed by atoms with Crippen molar-refractivity contribution in [2.75, 3.05) is 11.9 Å². The number of hydrogen-bond acceptors (Lipinski definition) is 5. The molecule has 2 aromatic heterocycles. The molecule has 0 aliphatic carbocycles. The molecule has 1 atom stereocenters. The molecule has 2 N–H and O–H groups in total. The average molecular weight is 392 g/mol. The van der Waals surface area contributed by atoms with E-state index in [4.69, 9.17) is 4.74 Å². The Labute approximate surface area is 156 Å². The highest BCUT2D eigenvalue weighted by molar-refractivity contribution is 6.08. The van der Waals surface area contributed by atoms with Crippen LogP contribution in [0.3, 0.4) is 0 Å². The maximum absolute atomic E-state index is 13.6. The lowest BCUT2D eigenvalue weighted by Crippen LogP contribution is -2.34. The highest BCUT2D eigenvalue weighted by Gasteiger charge is 2.40. The van der Waals surface area contributed by atoms with Crippen molar-refractivity contribution in [3.8, 4) is 5.75 Å². The second-order valence-electron chi connectivity index (χ2n) is 6.79. The van der Waals surface area contributed by atoms with Gasteiger partial charge in [-0.25, -0.2) is 9.50 Å². The number of aromatic nitrogens is 3. The van der Waals surface area contributed by atoms with E-state index in [1.54, 1.807) is 19.2 Å². The summed E-state index contributed by atoms with van der Waals surface area (Å²) in [5, 5.41) is 15.7. The van der Waals surface area contributed by atoms with E-state index in [2.05, 4.69) is 15.4 Å². The van der Waals surface area contributed by atoms with Crippen molar-refractivity contribution in [1.29, 1.82) is 0 Å². The number of benzene rings is 1. The van der Waals surface area contributed by atoms with Gasteiger partial charge in [-0.3, -0.25) is 4.79 Å². The molecule has 0 unspecified atom stereocenters. The predicted molar refractivity (Wildman–Crippen MR) is 92.2 cm³/mol. The molecule has 0 radical (unpaired) electrons. The topological polar surface area (TPSA) is 88.8 Å². The minimum absolute atomic E-state index is 0.0412. The van der Waals surface area contributed by atoms with Crippen LogP contribution < -0.4 is 10.1 Å². The van der Waals surface area contributed by atoms with Gasteiger partial charge in [-0.05, 0) is 25.1 Å². The van der Waals surface area contributed by atoms with Crippen LogP contribution in [-0.4, -0.2) is 37.8 Å². The van der Waals surface area contributed by atoms with Crippen LogP contribution in [0.15, 0.2) is 36.8 Å². The van der Waals surface area contributed by atoms with Gasteiger partial charge in [0.25, 0.3) is 5.91 Å². The first-order chi connectivity index (χ1) is 13.2. The van der Waals surface area contributed by atoms with Gasteiger partial charge < -0.3 is 15.2 Å². The van der Waals surface area contributed by atoms with Gasteiger partial charge >= 0.3 is 6.18 Å². The number of fused-ring (bicyclic) bond motifs is 2. The molecule has 10 heteroatoms. The largest absolute Gasteiger partial charge is 0.485 e. The van der Waals surface area contributed by atoms with Gasteiger partial charge in [0.05, 0.1) is 24.1 Å². The van der Waals surface area contributed by atoms with Crippen LogP contribution in [0, 0.1) is 0 Å². The fraction of sp³-hybridized carbons (Fsp3) is 0.278. The number of nitrogens with zero attached hydrogens (tertiary/aromatic N) is 3. The van der Waals surface area contributed by atoms with Crippen LogP contribution in [0.4, 0.5) is 18.9 Å². The summed E-state index contributed by atoms with van der Waals surface area (Å²) in [6.07, 6.45) is -0.221. The predicted octanol–water partition coefficient (Wildman–Crippen LogP) is 2.69. The van der Waals surface area contributed by atoms with Crippen LogP contribution >= 0.6 is 0 Å². The number of carbonyl (C=O) groups is 1. The van der Waals surface area contributed by atoms with Crippen LogP contribution in [0.2, 0.25) is 0 Å². The smallest absolute Gasteiger partial charge is 0.418 e. The SMILES string of the molecule is C[C@]1(CO)Cc2cc(NC(=O)c3cnn4cccnc34)c(C(F)(F)F)cc2O1. The van der Waals surface area contributed by atoms with Crippen LogP contribution in [0.5, 0.6) is 5.75 Å². The first kappa shape index (κ1) is 18.2. The molecule has 1 amide bonds. The van der Waals surface area contributed by atoms with Gasteiger partial charge in [0.15, 0.2) is 5.65 Å². The minimum Gasteiger partial charge on any atom is -0.485 e. The Hall–Kier alpha value is -3.14. The van der Waals surface area contributed by atoms with Crippen molar-refractivity contribution in [3.05, 3.63) is 53.5 Å². The molecule has 1 aliphatic heterocycles. The molecule has 146 valence electrons. The number of aliphatic hydroxyl groups is 1. The molecule has 3 aromatic rings. The first-order valence-corrected chi connectivity index (χ1v) is 8.34. The van der Waals surface area contributed by atoms with Crippen molar-refractivity contribution in [2.45, 2.75) is 25.1 Å². The van der Waals surface area contributed by atoms with E-state index in [9.17, 15) is 23.1 Å². The van der Waals surface area contributed by atoms with Crippen molar-refractivity contribution in [3.63, 3.8) is 0 Å². The minimum atomic E-state index is -4.71. The molecule has 0 saturated carbocycles. The molecule has 4 rings (SSSR count). The molecule has 0 saturated heterocycles. The van der Waals surface area contributed by atoms with E-state index in [1.165, 1.54) is 23.0 Å². The molecular weight excluding hydrogens is 377 g/mol. The number of ether oxygens (including phenoxy) is 1. The molecule has 1 aliphatic rings. The summed E-state index contributed by atoms with van der Waals surface area (Å²) in [4.78, 5) is 16.6. The standard InChI is InChI=1S/C18H15F3N4O3/c1-17(9-26)7-10-5-13(12(18(19,20)21)6-14(10)28-17)24-16(27)11-8-23-25-4-2-3-22-15(11)25/h2-6,8,26H,7,9H2,1H3,(H,24,27)/t17-/m1/s1. The van der Waals surface area contributed by atoms with Gasteiger partial charge in [0.2, 0.25) is 0 Å². The number of hydrogen-bond donors (Lipinski definition) is 2. The zero-order chi connectivity index (χ0) is 20.1. The second-order valence-corrected chi connectivity index (χ2v) is 6.79. The van der Waals surface area contributed by atoms with E-state index in [0.717, 1.165) is 6.07 Å². The first-order valence-electron chi connectivity index (χ1n) is 8.34. The van der Waals surface area contributed by atoms with Crippen LogP contribution in [0.25, 0.3) is 5.65 Å². The quantitative estimate of drug-likeness (QED) is 0.716. The zero-order valence-corrected chi connectivity index (χ0v) is 14.6. The third-order valence-electron chi connectivity index (χ3n) is 4.53. The maximum Gasteiger partial charge on any atom is 0.418 e. The fourth-order valence-corrected chi connectivity index (χ4v) is 3.17. The Morgan fingerprint density at radius 2 is 2.21 bits per heavy atom. The number of rotatable bonds is 3. The lowest BCUT2D eigenvalue weighted by Gasteiger charge is -2.20. The second kappa shape index (κ2) is 6.20. The number of amides is 1. The van der Waals surface area contributed by atoms with Crippen molar-refractivity contribution >= 4 is 17.2 Å². The van der Waals surface area contributed by atoms with Crippen molar-refractivity contribution in [1.82, 2.24) is 14.6 Å². The molecule has 7 nitrogen and oxygen atoms in total. The molecule has 28 heavy (non-hydrogen) atoms. The lowest BCUT2D eigenvalue weighted by molar-refractivity contribution is -0.137. The maximum atomic E-state index is 13.6. The van der Waals surface area contributed by atoms with Gasteiger partial charge in [0.1, 0.15) is 16.9 Å². The number of carbonyl (C=O) groups excluding carboxylic acids is 1. The summed E-state index contributed by atoms with van der Waals surface area (Å²) in [5.41, 5.74) is -1.68. The number of anilines is 1. The molecule has 3 heterocycles. The fourth-order valence-electron chi connectivity index (χ4n) is 3.17. The molecule has 0 spiro atoms. The summed E-state index contributed by atoms with van der Waals surface area (Å²) < 4.78 is 47.5. The van der Waals surface area contributed by atoms with Gasteiger partial charge in [-0.2, -0.15) is 18.3 Å². The van der Waals surface area contributed by atoms with Gasteiger partial charge in [0, 0.05) is 24.4 Å². The Kier molecular flexibility index (Phi) is 4.03. The number of nitrogens with one attached hydrogen (secondary N) is 1. The molecule has 0 bridgehead atoms. The van der Waals surface area contributed by atoms with Crippen LogP contribution in [0.1, 0.15) is 28.4 Å². The van der Waals surface area contributed by atoms with E-state index in [0.29, 0.717) is 5.56 Å². The van der Waals surface area contributed by atoms with Crippen molar-refractivity contribution in [2.24, 2.45) is 0 Å². The summed E-state index contributed by atoms with van der Waals surface area (Å²) in [7, 11) is 0. The monoisotopic (exact) mass is 392 g/mol. The highest BCUT2D eigenvalue weighted by atomic mass is 19.4. The number of alkyl halides is 3. The Morgan fingerprint density at radius 1 is 1.43 bits per heavy atom. The molecular formula is C18H15F3N4O3. The summed E-state index contributed by atoms with van der Waals surface area (Å²) in [6, 6.07) is 3.69. The zero-order valence-electron chi connectivity index (χ0n) is 14.6. The lowest BCUT2D eigenvalue weighted by atomic mass is 9.98. The van der Waals surface area contributed by atoms with Crippen LogP contribution in [-0.2, 0) is 12.6 Å². The number of halogens is 3. The van der Waals surface area contributed by atoms with Crippen molar-refractivity contribution < 1.29 is 27.8 Å². The Bertz CT molecular complexity index is 1080. The summed E-state index contributed by atoms with van der Waals surface area (Å²) >= 11 is 0. The normalized spacial score (nSPS) is 18.8. The summed E-state index contributed by atoms with van der Waals surface area (Å²) in [6.45, 7) is 1.25. The van der Waals surface area contributed by atoms with Gasteiger partial charge in [-0.1, -0.05) is 0 Å². The highest BCUT2D eigenvalue weighted by Crippen LogP contribution is 2.43. The Morgan fingerprint density at radius 3 is 2.93 bits per heavy atom. The average Bonchev–Trinajstić information content (AvgIpc) is 3.20.